The Morgan fingerprint density at radius 2 is 1.62 bits per heavy atom. The maximum absolute atomic E-state index is 13.1. The van der Waals surface area contributed by atoms with Gasteiger partial charge in [-0.15, -0.1) is 0 Å². The van der Waals surface area contributed by atoms with E-state index in [4.69, 9.17) is 24.7 Å². The van der Waals surface area contributed by atoms with Crippen molar-refractivity contribution in [2.24, 2.45) is 5.73 Å². The Kier molecular flexibility index (Phi) is 10.3. The number of anilines is 1. The molecule has 0 aromatic heterocycles. The Balaban J connectivity index is 2.33. The van der Waals surface area contributed by atoms with Crippen LogP contribution in [-0.2, 0) is 4.79 Å². The number of methoxy groups -OCH3 is 4. The fraction of sp³-hybridized carbons (Fsp3) is 0.360. The number of nitrogens with two attached hydrogens (primary N) is 1. The molecule has 1 unspecified atom stereocenters. The molecule has 0 fully saturated rings. The van der Waals surface area contributed by atoms with Crippen molar-refractivity contribution in [1.29, 1.82) is 0 Å². The zero-order chi connectivity index (χ0) is 25.3. The lowest BCUT2D eigenvalue weighted by Gasteiger charge is -2.15. The van der Waals surface area contributed by atoms with Crippen molar-refractivity contribution in [3.63, 3.8) is 0 Å². The van der Waals surface area contributed by atoms with Crippen LogP contribution in [0.2, 0.25) is 0 Å². The van der Waals surface area contributed by atoms with E-state index >= 15 is 0 Å². The van der Waals surface area contributed by atoms with Gasteiger partial charge in [-0.05, 0) is 66.8 Å². The minimum atomic E-state index is -0.625. The van der Waals surface area contributed by atoms with Crippen molar-refractivity contribution in [2.45, 2.75) is 19.4 Å². The number of nitrogens with one attached hydrogen (secondary N) is 1. The van der Waals surface area contributed by atoms with Gasteiger partial charge in [0.15, 0.2) is 17.3 Å². The van der Waals surface area contributed by atoms with Gasteiger partial charge in [0.2, 0.25) is 11.7 Å². The first-order chi connectivity index (χ1) is 16.3. The van der Waals surface area contributed by atoms with E-state index in [-0.39, 0.29) is 11.7 Å². The largest absolute Gasteiger partial charge is 0.495 e. The summed E-state index contributed by atoms with van der Waals surface area (Å²) in [5.41, 5.74) is 8.05. The van der Waals surface area contributed by atoms with Crippen molar-refractivity contribution in [3.05, 3.63) is 47.0 Å². The van der Waals surface area contributed by atoms with Gasteiger partial charge in [-0.1, -0.05) is 6.07 Å². The van der Waals surface area contributed by atoms with Crippen LogP contribution in [0.1, 0.15) is 29.3 Å². The van der Waals surface area contributed by atoms with E-state index in [1.54, 1.807) is 55.1 Å². The second kappa shape index (κ2) is 12.9. The number of allylic oxidation sites excluding steroid dienone is 1. The molecule has 9 heteroatoms. The summed E-state index contributed by atoms with van der Waals surface area (Å²) in [5.74, 6) is 1.98. The van der Waals surface area contributed by atoms with Crippen LogP contribution in [0.25, 0.3) is 6.08 Å². The lowest BCUT2D eigenvalue weighted by atomic mass is 10.0. The fourth-order valence-corrected chi connectivity index (χ4v) is 3.76. The highest BCUT2D eigenvalue weighted by Crippen LogP contribution is 2.38. The number of ketones is 1. The average molecular weight is 489 g/mol. The molecule has 3 N–H and O–H groups in total. The van der Waals surface area contributed by atoms with Gasteiger partial charge >= 0.3 is 0 Å². The van der Waals surface area contributed by atoms with Crippen molar-refractivity contribution in [2.75, 3.05) is 45.8 Å². The highest BCUT2D eigenvalue weighted by molar-refractivity contribution is 7.98. The maximum Gasteiger partial charge on any atom is 0.241 e. The van der Waals surface area contributed by atoms with Crippen LogP contribution < -0.4 is 30.0 Å². The van der Waals surface area contributed by atoms with Gasteiger partial charge < -0.3 is 30.0 Å². The second-order valence-electron chi connectivity index (χ2n) is 7.41. The molecule has 0 radical (unpaired) electrons. The summed E-state index contributed by atoms with van der Waals surface area (Å²) >= 11 is 1.63. The van der Waals surface area contributed by atoms with Gasteiger partial charge in [0.1, 0.15) is 5.75 Å². The number of benzene rings is 2. The molecule has 1 atom stereocenters. The van der Waals surface area contributed by atoms with Crippen molar-refractivity contribution in [3.8, 4) is 23.0 Å². The van der Waals surface area contributed by atoms with E-state index < -0.39 is 6.04 Å². The molecule has 0 saturated carbocycles. The third-order valence-corrected chi connectivity index (χ3v) is 5.76. The third-order valence-electron chi connectivity index (χ3n) is 5.12. The summed E-state index contributed by atoms with van der Waals surface area (Å²) in [4.78, 5) is 25.6. The van der Waals surface area contributed by atoms with Gasteiger partial charge in [-0.25, -0.2) is 0 Å². The van der Waals surface area contributed by atoms with E-state index in [0.29, 0.717) is 51.8 Å². The number of hydrogen-bond acceptors (Lipinski definition) is 8. The molecule has 0 spiro atoms. The second-order valence-corrected chi connectivity index (χ2v) is 8.39. The van der Waals surface area contributed by atoms with E-state index in [1.165, 1.54) is 28.4 Å². The number of ether oxygens (including phenoxy) is 4. The first-order valence-electron chi connectivity index (χ1n) is 10.6. The minimum Gasteiger partial charge on any atom is -0.495 e. The number of rotatable bonds is 12. The normalized spacial score (nSPS) is 12.0. The van der Waals surface area contributed by atoms with Gasteiger partial charge in [-0.2, -0.15) is 11.8 Å². The number of carbonyl (C=O) groups excluding carboxylic acids is 2. The van der Waals surface area contributed by atoms with Crippen LogP contribution in [-0.4, -0.2) is 58.2 Å². The van der Waals surface area contributed by atoms with Gasteiger partial charge in [0.25, 0.3) is 0 Å². The number of carbonyl (C=O) groups is 2. The molecule has 1 amide bonds. The van der Waals surface area contributed by atoms with Crippen molar-refractivity contribution in [1.82, 2.24) is 0 Å². The van der Waals surface area contributed by atoms with Crippen LogP contribution in [0, 0.1) is 0 Å². The molecule has 2 rings (SSSR count). The summed E-state index contributed by atoms with van der Waals surface area (Å²) in [5, 5.41) is 2.83. The Bertz CT molecular complexity index is 1030. The van der Waals surface area contributed by atoms with Crippen LogP contribution in [0.5, 0.6) is 23.0 Å². The summed E-state index contributed by atoms with van der Waals surface area (Å²) in [6, 6.07) is 7.86. The quantitative estimate of drug-likeness (QED) is 0.341. The number of amides is 1. The predicted octanol–water partition coefficient (Wildman–Crippen LogP) is 4.03. The first-order valence-corrected chi connectivity index (χ1v) is 11.9. The molecule has 8 nitrogen and oxygen atoms in total. The Hall–Kier alpha value is -3.17. The van der Waals surface area contributed by atoms with E-state index in [1.807, 2.05) is 6.26 Å². The predicted molar refractivity (Wildman–Crippen MR) is 137 cm³/mol. The molecular weight excluding hydrogens is 456 g/mol. The molecule has 0 bridgehead atoms. The SMILES string of the molecule is COc1ccc(C=C(C)C(=O)c2cc(OC)c(OC)c(OC)c2)cc1NC(=O)C(N)CCSC. The number of Topliss-reactive ketones (excluding diaryl/α,β-unsaturated/α-hetero) is 1. The number of thioether (sulfide) groups is 1. The summed E-state index contributed by atoms with van der Waals surface area (Å²) in [6.07, 6.45) is 4.26. The van der Waals surface area contributed by atoms with Crippen LogP contribution >= 0.6 is 11.8 Å². The minimum absolute atomic E-state index is 0.209. The summed E-state index contributed by atoms with van der Waals surface area (Å²) in [7, 11) is 6.01. The molecule has 2 aromatic carbocycles. The summed E-state index contributed by atoms with van der Waals surface area (Å²) < 4.78 is 21.4. The molecule has 0 aliphatic rings. The highest BCUT2D eigenvalue weighted by Gasteiger charge is 2.19. The summed E-state index contributed by atoms with van der Waals surface area (Å²) in [6.45, 7) is 1.71. The molecule has 0 aliphatic heterocycles. The Labute approximate surface area is 204 Å². The molecule has 2 aromatic rings. The van der Waals surface area contributed by atoms with E-state index in [2.05, 4.69) is 5.32 Å². The number of hydrogen-bond donors (Lipinski definition) is 2. The van der Waals surface area contributed by atoms with Crippen molar-refractivity contribution >= 4 is 35.2 Å². The van der Waals surface area contributed by atoms with Crippen molar-refractivity contribution < 1.29 is 28.5 Å². The molecule has 0 aliphatic carbocycles. The zero-order valence-corrected chi connectivity index (χ0v) is 21.2. The topological polar surface area (TPSA) is 109 Å². The molecule has 34 heavy (non-hydrogen) atoms. The molecule has 0 saturated heterocycles. The molecule has 0 heterocycles. The van der Waals surface area contributed by atoms with Crippen LogP contribution in [0.3, 0.4) is 0 Å². The first kappa shape index (κ1) is 27.1. The average Bonchev–Trinajstić information content (AvgIpc) is 2.85. The molecular formula is C25H32N2O6S. The third kappa shape index (κ3) is 6.68. The maximum atomic E-state index is 13.1. The fourth-order valence-electron chi connectivity index (χ4n) is 3.27. The van der Waals surface area contributed by atoms with E-state index in [0.717, 1.165) is 5.75 Å². The smallest absolute Gasteiger partial charge is 0.241 e. The highest BCUT2D eigenvalue weighted by atomic mass is 32.2. The molecule has 184 valence electrons. The van der Waals surface area contributed by atoms with Crippen LogP contribution in [0.4, 0.5) is 5.69 Å². The zero-order valence-electron chi connectivity index (χ0n) is 20.4. The Morgan fingerprint density at radius 1 is 1.00 bits per heavy atom. The van der Waals surface area contributed by atoms with Gasteiger partial charge in [0.05, 0.1) is 40.2 Å². The van der Waals surface area contributed by atoms with Gasteiger partial charge in [-0.3, -0.25) is 9.59 Å². The Morgan fingerprint density at radius 3 is 2.15 bits per heavy atom. The van der Waals surface area contributed by atoms with E-state index in [9.17, 15) is 9.59 Å². The van der Waals surface area contributed by atoms with Crippen LogP contribution in [0.15, 0.2) is 35.9 Å². The van der Waals surface area contributed by atoms with Gasteiger partial charge in [0, 0.05) is 5.56 Å². The lowest BCUT2D eigenvalue weighted by Crippen LogP contribution is -2.36. The standard InChI is InChI=1S/C25H32N2O6S/c1-15(23(28)17-13-21(31-3)24(33-5)22(14-17)32-4)11-16-7-8-20(30-2)19(12-16)27-25(29)18(26)9-10-34-6/h7-8,11-14,18H,9-10,26H2,1-6H3,(H,27,29). The lowest BCUT2D eigenvalue weighted by molar-refractivity contribution is -0.117. The monoisotopic (exact) mass is 488 g/mol.